The predicted octanol–water partition coefficient (Wildman–Crippen LogP) is 1.77. The molecule has 1 aliphatic carbocycles. The summed E-state index contributed by atoms with van der Waals surface area (Å²) in [6.45, 7) is 2.37. The zero-order chi connectivity index (χ0) is 20.3. The van der Waals surface area contributed by atoms with Crippen LogP contribution in [0.4, 0.5) is 10.1 Å². The van der Waals surface area contributed by atoms with Crippen molar-refractivity contribution < 1.29 is 17.6 Å². The fourth-order valence-electron chi connectivity index (χ4n) is 2.62. The van der Waals surface area contributed by atoms with E-state index in [1.54, 1.807) is 4.57 Å². The SMILES string of the molecule is CCn1c(CN(c2ccc(F)cc2)S(C)(=O)=O)nnc1SCC(=O)NC1CC1. The molecule has 0 aliphatic heterocycles. The number of halogens is 1. The Morgan fingerprint density at radius 2 is 2.00 bits per heavy atom. The zero-order valence-electron chi connectivity index (χ0n) is 15.6. The van der Waals surface area contributed by atoms with Crippen LogP contribution in [0.5, 0.6) is 0 Å². The van der Waals surface area contributed by atoms with Gasteiger partial charge in [0.25, 0.3) is 0 Å². The minimum atomic E-state index is -3.62. The van der Waals surface area contributed by atoms with Gasteiger partial charge in [-0.25, -0.2) is 12.8 Å². The van der Waals surface area contributed by atoms with E-state index in [1.165, 1.54) is 36.0 Å². The molecule has 1 aliphatic rings. The molecule has 8 nitrogen and oxygen atoms in total. The Bertz CT molecular complexity index is 942. The predicted molar refractivity (Wildman–Crippen MR) is 105 cm³/mol. The first kappa shape index (κ1) is 20.6. The van der Waals surface area contributed by atoms with Crippen molar-refractivity contribution in [1.82, 2.24) is 20.1 Å². The summed E-state index contributed by atoms with van der Waals surface area (Å²) in [5, 5.41) is 11.7. The third kappa shape index (κ3) is 5.22. The number of rotatable bonds is 9. The molecule has 1 amide bonds. The first-order valence-electron chi connectivity index (χ1n) is 8.85. The van der Waals surface area contributed by atoms with E-state index in [0.29, 0.717) is 29.3 Å². The van der Waals surface area contributed by atoms with Crippen LogP contribution in [0.3, 0.4) is 0 Å². The summed E-state index contributed by atoms with van der Waals surface area (Å²) >= 11 is 1.26. The molecule has 0 unspecified atom stereocenters. The highest BCUT2D eigenvalue weighted by Gasteiger charge is 2.25. The van der Waals surface area contributed by atoms with Crippen LogP contribution in [0, 0.1) is 5.82 Å². The fourth-order valence-corrected chi connectivity index (χ4v) is 4.31. The summed E-state index contributed by atoms with van der Waals surface area (Å²) in [6, 6.07) is 5.52. The Labute approximate surface area is 167 Å². The second-order valence-corrected chi connectivity index (χ2v) is 9.37. The second kappa shape index (κ2) is 8.48. The number of sulfonamides is 1. The molecular weight excluding hydrogens is 405 g/mol. The number of benzene rings is 1. The number of hydrogen-bond acceptors (Lipinski definition) is 6. The third-order valence-corrected chi connectivity index (χ3v) is 6.29. The molecule has 1 heterocycles. The third-order valence-electron chi connectivity index (χ3n) is 4.18. The van der Waals surface area contributed by atoms with Crippen molar-refractivity contribution in [2.24, 2.45) is 0 Å². The minimum absolute atomic E-state index is 0.0415. The average Bonchev–Trinajstić information content (AvgIpc) is 3.36. The lowest BCUT2D eigenvalue weighted by Gasteiger charge is -2.22. The standard InChI is InChI=1S/C17H22FN5O3S2/c1-3-22-15(20-21-17(22)27-11-16(24)19-13-6-7-13)10-23(28(2,25)26)14-8-4-12(18)5-9-14/h4-5,8-9,13H,3,6-7,10-11H2,1-2H3,(H,19,24). The van der Waals surface area contributed by atoms with Gasteiger partial charge in [0.1, 0.15) is 5.82 Å². The largest absolute Gasteiger partial charge is 0.353 e. The Morgan fingerprint density at radius 1 is 1.32 bits per heavy atom. The van der Waals surface area contributed by atoms with Crippen molar-refractivity contribution in [3.05, 3.63) is 35.9 Å². The van der Waals surface area contributed by atoms with E-state index in [1.807, 2.05) is 6.92 Å². The molecule has 0 atom stereocenters. The van der Waals surface area contributed by atoms with E-state index in [2.05, 4.69) is 15.5 Å². The van der Waals surface area contributed by atoms with E-state index < -0.39 is 15.8 Å². The van der Waals surface area contributed by atoms with Crippen molar-refractivity contribution in [2.75, 3.05) is 16.3 Å². The average molecular weight is 428 g/mol. The molecule has 11 heteroatoms. The highest BCUT2D eigenvalue weighted by Crippen LogP contribution is 2.24. The highest BCUT2D eigenvalue weighted by molar-refractivity contribution is 7.99. The molecule has 1 aromatic carbocycles. The topological polar surface area (TPSA) is 97.2 Å². The molecule has 2 aromatic rings. The van der Waals surface area contributed by atoms with Gasteiger partial charge < -0.3 is 9.88 Å². The van der Waals surface area contributed by atoms with Crippen molar-refractivity contribution in [3.8, 4) is 0 Å². The lowest BCUT2D eigenvalue weighted by molar-refractivity contribution is -0.118. The Morgan fingerprint density at radius 3 is 2.57 bits per heavy atom. The van der Waals surface area contributed by atoms with Gasteiger partial charge in [-0.2, -0.15) is 0 Å². The van der Waals surface area contributed by atoms with Gasteiger partial charge in [-0.15, -0.1) is 10.2 Å². The molecule has 28 heavy (non-hydrogen) atoms. The van der Waals surface area contributed by atoms with Gasteiger partial charge in [-0.05, 0) is 44.0 Å². The highest BCUT2D eigenvalue weighted by atomic mass is 32.2. The zero-order valence-corrected chi connectivity index (χ0v) is 17.3. The van der Waals surface area contributed by atoms with Gasteiger partial charge in [-0.3, -0.25) is 9.10 Å². The van der Waals surface area contributed by atoms with Crippen LogP contribution >= 0.6 is 11.8 Å². The number of nitrogens with one attached hydrogen (secondary N) is 1. The van der Waals surface area contributed by atoms with E-state index >= 15 is 0 Å². The molecule has 1 fully saturated rings. The van der Waals surface area contributed by atoms with Gasteiger partial charge in [0.2, 0.25) is 15.9 Å². The van der Waals surface area contributed by atoms with Crippen LogP contribution in [-0.2, 0) is 27.9 Å². The molecular formula is C17H22FN5O3S2. The summed E-state index contributed by atoms with van der Waals surface area (Å²) in [5.74, 6) is 0.172. The number of carbonyl (C=O) groups is 1. The molecule has 0 radical (unpaired) electrons. The lowest BCUT2D eigenvalue weighted by Crippen LogP contribution is -2.30. The minimum Gasteiger partial charge on any atom is -0.353 e. The van der Waals surface area contributed by atoms with Crippen LogP contribution in [0.15, 0.2) is 29.4 Å². The van der Waals surface area contributed by atoms with Crippen molar-refractivity contribution in [2.45, 2.75) is 44.1 Å². The number of thioether (sulfide) groups is 1. The van der Waals surface area contributed by atoms with E-state index in [9.17, 15) is 17.6 Å². The smallest absolute Gasteiger partial charge is 0.232 e. The summed E-state index contributed by atoms with van der Waals surface area (Å²) in [4.78, 5) is 11.9. The van der Waals surface area contributed by atoms with Crippen LogP contribution in [0.1, 0.15) is 25.6 Å². The molecule has 0 spiro atoms. The number of nitrogens with zero attached hydrogens (tertiary/aromatic N) is 4. The maximum absolute atomic E-state index is 13.2. The number of carbonyl (C=O) groups excluding carboxylic acids is 1. The van der Waals surface area contributed by atoms with Crippen LogP contribution in [0.2, 0.25) is 0 Å². The van der Waals surface area contributed by atoms with Crippen LogP contribution in [-0.4, -0.2) is 47.1 Å². The molecule has 152 valence electrons. The van der Waals surface area contributed by atoms with Gasteiger partial charge in [-0.1, -0.05) is 11.8 Å². The molecule has 1 saturated carbocycles. The van der Waals surface area contributed by atoms with E-state index in [0.717, 1.165) is 23.4 Å². The molecule has 0 bridgehead atoms. The maximum atomic E-state index is 13.2. The number of hydrogen-bond donors (Lipinski definition) is 1. The fraction of sp³-hybridized carbons (Fsp3) is 0.471. The van der Waals surface area contributed by atoms with E-state index in [-0.39, 0.29) is 18.2 Å². The van der Waals surface area contributed by atoms with Crippen molar-refractivity contribution >= 4 is 33.4 Å². The Kier molecular flexibility index (Phi) is 6.23. The van der Waals surface area contributed by atoms with Gasteiger partial charge in [0.15, 0.2) is 11.0 Å². The summed E-state index contributed by atoms with van der Waals surface area (Å²) in [5.41, 5.74) is 0.340. The van der Waals surface area contributed by atoms with Gasteiger partial charge in [0.05, 0.1) is 24.2 Å². The Balaban J connectivity index is 1.76. The van der Waals surface area contributed by atoms with Crippen LogP contribution < -0.4 is 9.62 Å². The molecule has 1 N–H and O–H groups in total. The van der Waals surface area contributed by atoms with Gasteiger partial charge >= 0.3 is 0 Å². The lowest BCUT2D eigenvalue weighted by atomic mass is 10.3. The number of anilines is 1. The number of aromatic nitrogens is 3. The van der Waals surface area contributed by atoms with Gasteiger partial charge in [0, 0.05) is 12.6 Å². The quantitative estimate of drug-likeness (QED) is 0.613. The number of amides is 1. The second-order valence-electron chi connectivity index (χ2n) is 6.52. The maximum Gasteiger partial charge on any atom is 0.232 e. The monoisotopic (exact) mass is 427 g/mol. The Hall–Kier alpha value is -2.14. The van der Waals surface area contributed by atoms with Crippen molar-refractivity contribution in [1.29, 1.82) is 0 Å². The first-order chi connectivity index (χ1) is 13.3. The molecule has 0 saturated heterocycles. The van der Waals surface area contributed by atoms with E-state index in [4.69, 9.17) is 0 Å². The van der Waals surface area contributed by atoms with Crippen LogP contribution in [0.25, 0.3) is 0 Å². The van der Waals surface area contributed by atoms with Crippen molar-refractivity contribution in [3.63, 3.8) is 0 Å². The normalized spacial score (nSPS) is 14.1. The first-order valence-corrected chi connectivity index (χ1v) is 11.7. The summed E-state index contributed by atoms with van der Waals surface area (Å²) in [7, 11) is -3.62. The summed E-state index contributed by atoms with van der Waals surface area (Å²) < 4.78 is 40.7. The molecule has 3 rings (SSSR count). The summed E-state index contributed by atoms with van der Waals surface area (Å²) in [6.07, 6.45) is 3.13. The molecule has 1 aromatic heterocycles.